The number of ether oxygens (including phenoxy) is 1. The largest absolute Gasteiger partial charge is 0.378 e. The van der Waals surface area contributed by atoms with E-state index in [-0.39, 0.29) is 18.1 Å². The Bertz CT molecular complexity index is 677. The molecule has 1 aliphatic heterocycles. The van der Waals surface area contributed by atoms with Gasteiger partial charge < -0.3 is 20.4 Å². The van der Waals surface area contributed by atoms with E-state index in [1.54, 1.807) is 7.11 Å². The van der Waals surface area contributed by atoms with E-state index >= 15 is 0 Å². The van der Waals surface area contributed by atoms with Gasteiger partial charge in [-0.1, -0.05) is 0 Å². The van der Waals surface area contributed by atoms with Gasteiger partial charge in [0.15, 0.2) is 0 Å². The first-order valence-corrected chi connectivity index (χ1v) is 7.23. The van der Waals surface area contributed by atoms with Gasteiger partial charge >= 0.3 is 0 Å². The molecule has 3 N–H and O–H groups in total. The Kier molecular flexibility index (Phi) is 3.69. The normalized spacial score (nSPS) is 21.9. The highest BCUT2D eigenvalue weighted by Crippen LogP contribution is 2.22. The topological polar surface area (TPSA) is 66.2 Å². The lowest BCUT2D eigenvalue weighted by Crippen LogP contribution is -2.43. The summed E-state index contributed by atoms with van der Waals surface area (Å²) in [6, 6.07) is 5.79. The fraction of sp³-hybridized carbons (Fsp3) is 0.438. The Hall–Kier alpha value is -1.85. The molecule has 112 valence electrons. The van der Waals surface area contributed by atoms with Crippen molar-refractivity contribution in [1.82, 2.24) is 15.6 Å². The SMILES string of the molecule is CO[C@H]1CNCC1NC(=O)c1ccc2[nH]c(C)c(C)c2c1. The number of hydrogen-bond acceptors (Lipinski definition) is 3. The molecule has 2 aromatic rings. The number of methoxy groups -OCH3 is 1. The second kappa shape index (κ2) is 5.50. The van der Waals surface area contributed by atoms with Crippen LogP contribution < -0.4 is 10.6 Å². The smallest absolute Gasteiger partial charge is 0.251 e. The molecule has 0 aliphatic carbocycles. The summed E-state index contributed by atoms with van der Waals surface area (Å²) < 4.78 is 5.37. The minimum absolute atomic E-state index is 0.0206. The summed E-state index contributed by atoms with van der Waals surface area (Å²) in [6.45, 7) is 5.63. The molecule has 1 aromatic carbocycles. The quantitative estimate of drug-likeness (QED) is 0.801. The van der Waals surface area contributed by atoms with Crippen LogP contribution in [0.4, 0.5) is 0 Å². The minimum atomic E-state index is -0.0501. The Balaban J connectivity index is 1.83. The number of rotatable bonds is 3. The van der Waals surface area contributed by atoms with Crippen LogP contribution in [0.1, 0.15) is 21.6 Å². The highest BCUT2D eigenvalue weighted by molar-refractivity contribution is 5.99. The van der Waals surface area contributed by atoms with E-state index in [0.717, 1.165) is 29.7 Å². The molecule has 0 saturated carbocycles. The van der Waals surface area contributed by atoms with Crippen LogP contribution in [-0.2, 0) is 4.74 Å². The summed E-state index contributed by atoms with van der Waals surface area (Å²) in [5.74, 6) is -0.0501. The Labute approximate surface area is 124 Å². The number of benzene rings is 1. The van der Waals surface area contributed by atoms with E-state index in [2.05, 4.69) is 22.5 Å². The lowest BCUT2D eigenvalue weighted by Gasteiger charge is -2.18. The molecule has 0 radical (unpaired) electrons. The zero-order chi connectivity index (χ0) is 15.0. The monoisotopic (exact) mass is 287 g/mol. The van der Waals surface area contributed by atoms with Gasteiger partial charge in [0, 0.05) is 42.4 Å². The van der Waals surface area contributed by atoms with Crippen molar-refractivity contribution in [2.24, 2.45) is 0 Å². The number of carbonyl (C=O) groups excluding carboxylic acids is 1. The number of amides is 1. The van der Waals surface area contributed by atoms with Crippen LogP contribution in [0.2, 0.25) is 0 Å². The molecule has 1 saturated heterocycles. The van der Waals surface area contributed by atoms with Crippen molar-refractivity contribution in [3.63, 3.8) is 0 Å². The summed E-state index contributed by atoms with van der Waals surface area (Å²) in [5, 5.41) is 7.38. The number of aromatic nitrogens is 1. The van der Waals surface area contributed by atoms with Crippen LogP contribution in [0.25, 0.3) is 10.9 Å². The van der Waals surface area contributed by atoms with Crippen molar-refractivity contribution in [1.29, 1.82) is 0 Å². The third-order valence-electron chi connectivity index (χ3n) is 4.35. The molecule has 21 heavy (non-hydrogen) atoms. The Morgan fingerprint density at radius 2 is 2.14 bits per heavy atom. The fourth-order valence-corrected chi connectivity index (χ4v) is 2.90. The molecule has 5 heteroatoms. The summed E-state index contributed by atoms with van der Waals surface area (Å²) in [4.78, 5) is 15.7. The van der Waals surface area contributed by atoms with E-state index in [1.165, 1.54) is 5.56 Å². The van der Waals surface area contributed by atoms with E-state index in [4.69, 9.17) is 4.74 Å². The Morgan fingerprint density at radius 3 is 2.90 bits per heavy atom. The minimum Gasteiger partial charge on any atom is -0.378 e. The van der Waals surface area contributed by atoms with Crippen LogP contribution in [0, 0.1) is 13.8 Å². The van der Waals surface area contributed by atoms with Crippen LogP contribution in [0.15, 0.2) is 18.2 Å². The maximum absolute atomic E-state index is 12.4. The van der Waals surface area contributed by atoms with E-state index in [0.29, 0.717) is 5.56 Å². The molecule has 5 nitrogen and oxygen atoms in total. The van der Waals surface area contributed by atoms with Gasteiger partial charge in [0.05, 0.1) is 12.1 Å². The summed E-state index contributed by atoms with van der Waals surface area (Å²) in [5.41, 5.74) is 4.09. The van der Waals surface area contributed by atoms with Crippen molar-refractivity contribution in [2.45, 2.75) is 26.0 Å². The number of H-pyrrole nitrogens is 1. The van der Waals surface area contributed by atoms with Gasteiger partial charge in [-0.05, 0) is 37.6 Å². The maximum atomic E-state index is 12.4. The van der Waals surface area contributed by atoms with E-state index in [9.17, 15) is 4.79 Å². The number of aryl methyl sites for hydroxylation is 2. The first kappa shape index (κ1) is 14.1. The molecule has 2 atom stereocenters. The maximum Gasteiger partial charge on any atom is 0.251 e. The number of aromatic amines is 1. The highest BCUT2D eigenvalue weighted by Gasteiger charge is 2.28. The van der Waals surface area contributed by atoms with Crippen LogP contribution in [0.3, 0.4) is 0 Å². The predicted octanol–water partition coefficient (Wildman–Crippen LogP) is 1.50. The molecule has 1 aliphatic rings. The number of fused-ring (bicyclic) bond motifs is 1. The molecule has 1 unspecified atom stereocenters. The number of carbonyl (C=O) groups is 1. The lowest BCUT2D eigenvalue weighted by atomic mass is 10.1. The zero-order valence-electron chi connectivity index (χ0n) is 12.6. The summed E-state index contributed by atoms with van der Waals surface area (Å²) in [7, 11) is 1.68. The average Bonchev–Trinajstić information content (AvgIpc) is 3.04. The molecule has 3 rings (SSSR count). The fourth-order valence-electron chi connectivity index (χ4n) is 2.90. The van der Waals surface area contributed by atoms with Crippen molar-refractivity contribution >= 4 is 16.8 Å². The van der Waals surface area contributed by atoms with Crippen LogP contribution in [-0.4, -0.2) is 43.2 Å². The van der Waals surface area contributed by atoms with Gasteiger partial charge in [-0.2, -0.15) is 0 Å². The second-order valence-corrected chi connectivity index (χ2v) is 5.65. The summed E-state index contributed by atoms with van der Waals surface area (Å²) >= 11 is 0. The average molecular weight is 287 g/mol. The van der Waals surface area contributed by atoms with Crippen LogP contribution in [0.5, 0.6) is 0 Å². The molecule has 0 bridgehead atoms. The van der Waals surface area contributed by atoms with Gasteiger partial charge in [0.2, 0.25) is 0 Å². The van der Waals surface area contributed by atoms with Crippen molar-refractivity contribution < 1.29 is 9.53 Å². The molecular formula is C16H21N3O2. The molecule has 0 spiro atoms. The third kappa shape index (κ3) is 2.54. The van der Waals surface area contributed by atoms with Gasteiger partial charge in [0.1, 0.15) is 0 Å². The summed E-state index contributed by atoms with van der Waals surface area (Å²) in [6.07, 6.45) is 0.0360. The standard InChI is InChI=1S/C16H21N3O2/c1-9-10(2)18-13-5-4-11(6-12(9)13)16(20)19-14-7-17-8-15(14)21-3/h4-6,14-15,17-18H,7-8H2,1-3H3,(H,19,20)/t14?,15-/m0/s1. The predicted molar refractivity (Wildman–Crippen MR) is 82.7 cm³/mol. The molecular weight excluding hydrogens is 266 g/mol. The molecule has 1 fully saturated rings. The molecule has 1 amide bonds. The van der Waals surface area contributed by atoms with E-state index in [1.807, 2.05) is 25.1 Å². The Morgan fingerprint density at radius 1 is 1.33 bits per heavy atom. The van der Waals surface area contributed by atoms with Crippen molar-refractivity contribution in [3.05, 3.63) is 35.0 Å². The number of hydrogen-bond donors (Lipinski definition) is 3. The molecule has 2 heterocycles. The van der Waals surface area contributed by atoms with Gasteiger partial charge in [-0.25, -0.2) is 0 Å². The van der Waals surface area contributed by atoms with Gasteiger partial charge in [-0.15, -0.1) is 0 Å². The first-order chi connectivity index (χ1) is 10.1. The molecule has 1 aromatic heterocycles. The lowest BCUT2D eigenvalue weighted by molar-refractivity contribution is 0.0780. The van der Waals surface area contributed by atoms with Gasteiger partial charge in [-0.3, -0.25) is 4.79 Å². The van der Waals surface area contributed by atoms with E-state index < -0.39 is 0 Å². The number of nitrogens with one attached hydrogen (secondary N) is 3. The van der Waals surface area contributed by atoms with Crippen LogP contribution >= 0.6 is 0 Å². The van der Waals surface area contributed by atoms with Crippen molar-refractivity contribution in [3.8, 4) is 0 Å². The van der Waals surface area contributed by atoms with Gasteiger partial charge in [0.25, 0.3) is 5.91 Å². The third-order valence-corrected chi connectivity index (χ3v) is 4.35. The highest BCUT2D eigenvalue weighted by atomic mass is 16.5. The first-order valence-electron chi connectivity index (χ1n) is 7.23. The second-order valence-electron chi connectivity index (χ2n) is 5.65. The van der Waals surface area contributed by atoms with Crippen molar-refractivity contribution in [2.75, 3.05) is 20.2 Å². The zero-order valence-corrected chi connectivity index (χ0v) is 12.6.